The van der Waals surface area contributed by atoms with Crippen molar-refractivity contribution < 1.29 is 19.8 Å². The molecule has 1 saturated heterocycles. The van der Waals surface area contributed by atoms with Gasteiger partial charge in [-0.15, -0.1) is 0 Å². The van der Waals surface area contributed by atoms with Crippen LogP contribution in [0.3, 0.4) is 0 Å². The van der Waals surface area contributed by atoms with Gasteiger partial charge in [-0.1, -0.05) is 15.9 Å². The van der Waals surface area contributed by atoms with Crippen LogP contribution in [0.2, 0.25) is 0 Å². The number of phenolic OH excluding ortho intramolecular Hbond substituents is 1. The first kappa shape index (κ1) is 18.2. The van der Waals surface area contributed by atoms with Crippen LogP contribution in [0.5, 0.6) is 5.75 Å². The monoisotopic (exact) mass is 432 g/mol. The Bertz CT molecular complexity index is 954. The molecule has 0 saturated carbocycles. The average Bonchev–Trinajstić information content (AvgIpc) is 2.86. The number of aliphatic imine (C=N–C) groups is 1. The predicted molar refractivity (Wildman–Crippen MR) is 105 cm³/mol. The van der Waals surface area contributed by atoms with E-state index in [9.17, 15) is 14.7 Å². The number of rotatable bonds is 3. The third-order valence-corrected chi connectivity index (χ3v) is 5.17. The van der Waals surface area contributed by atoms with E-state index in [2.05, 4.69) is 20.9 Å². The van der Waals surface area contributed by atoms with Gasteiger partial charge in [0, 0.05) is 17.1 Å². The number of benzene rings is 2. The number of amidine groups is 1. The summed E-state index contributed by atoms with van der Waals surface area (Å²) >= 11 is 4.52. The number of amides is 1. The Kier molecular flexibility index (Phi) is 5.15. The third kappa shape index (κ3) is 3.81. The van der Waals surface area contributed by atoms with Gasteiger partial charge in [0.15, 0.2) is 5.17 Å². The SMILES string of the molecule is CN1C(=O)/C(=C/c2cc(Br)ccc2O)SC1=Nc1ccc(C(=O)O)cc1. The lowest BCUT2D eigenvalue weighted by Crippen LogP contribution is -2.23. The second-order valence-corrected chi connectivity index (χ2v) is 7.35. The number of nitrogens with zero attached hydrogens (tertiary/aromatic N) is 2. The molecule has 2 aromatic rings. The van der Waals surface area contributed by atoms with Gasteiger partial charge >= 0.3 is 5.97 Å². The van der Waals surface area contributed by atoms with E-state index in [0.717, 1.165) is 4.47 Å². The summed E-state index contributed by atoms with van der Waals surface area (Å²) in [6.07, 6.45) is 1.61. The largest absolute Gasteiger partial charge is 0.507 e. The Morgan fingerprint density at radius 1 is 1.23 bits per heavy atom. The minimum atomic E-state index is -1.01. The highest BCUT2D eigenvalue weighted by atomic mass is 79.9. The maximum Gasteiger partial charge on any atom is 0.335 e. The predicted octanol–water partition coefficient (Wildman–Crippen LogP) is 4.09. The van der Waals surface area contributed by atoms with E-state index in [-0.39, 0.29) is 17.2 Å². The van der Waals surface area contributed by atoms with E-state index in [1.54, 1.807) is 43.5 Å². The molecule has 1 aliphatic heterocycles. The van der Waals surface area contributed by atoms with Crippen molar-refractivity contribution in [1.82, 2.24) is 4.90 Å². The number of hydrogen-bond donors (Lipinski definition) is 2. The minimum absolute atomic E-state index is 0.0754. The molecule has 0 radical (unpaired) electrons. The summed E-state index contributed by atoms with van der Waals surface area (Å²) in [6, 6.07) is 11.0. The average molecular weight is 433 g/mol. The normalized spacial score (nSPS) is 17.3. The van der Waals surface area contributed by atoms with Crippen LogP contribution in [0.1, 0.15) is 15.9 Å². The molecule has 1 heterocycles. The number of likely N-dealkylation sites (N-methyl/N-ethyl adjacent to an activating group) is 1. The van der Waals surface area contributed by atoms with Gasteiger partial charge in [0.1, 0.15) is 5.75 Å². The molecule has 8 heteroatoms. The molecule has 3 rings (SSSR count). The molecule has 1 aliphatic rings. The molecule has 6 nitrogen and oxygen atoms in total. The van der Waals surface area contributed by atoms with Gasteiger partial charge in [-0.2, -0.15) is 0 Å². The second-order valence-electron chi connectivity index (χ2n) is 5.42. The summed E-state index contributed by atoms with van der Waals surface area (Å²) in [5, 5.41) is 19.3. The number of carboxylic acids is 1. The highest BCUT2D eigenvalue weighted by Gasteiger charge is 2.30. The lowest BCUT2D eigenvalue weighted by Gasteiger charge is -2.07. The molecule has 0 atom stereocenters. The molecule has 0 spiro atoms. The number of carboxylic acid groups (broad SMARTS) is 1. The molecule has 132 valence electrons. The number of carbonyl (C=O) groups excluding carboxylic acids is 1. The van der Waals surface area contributed by atoms with E-state index in [1.165, 1.54) is 28.8 Å². The van der Waals surface area contributed by atoms with Gasteiger partial charge in [0.2, 0.25) is 0 Å². The minimum Gasteiger partial charge on any atom is -0.507 e. The van der Waals surface area contributed by atoms with Gasteiger partial charge in [-0.3, -0.25) is 9.69 Å². The van der Waals surface area contributed by atoms with Crippen LogP contribution in [0.15, 0.2) is 56.8 Å². The molecular formula is C18H13BrN2O4S. The quantitative estimate of drug-likeness (QED) is 0.712. The maximum atomic E-state index is 12.4. The summed E-state index contributed by atoms with van der Waals surface area (Å²) in [7, 11) is 1.61. The number of aromatic hydroxyl groups is 1. The van der Waals surface area contributed by atoms with Crippen molar-refractivity contribution in [2.75, 3.05) is 7.05 Å². The summed E-state index contributed by atoms with van der Waals surface area (Å²) in [6.45, 7) is 0. The number of halogens is 1. The van der Waals surface area contributed by atoms with Crippen LogP contribution >= 0.6 is 27.7 Å². The highest BCUT2D eigenvalue weighted by Crippen LogP contribution is 2.35. The van der Waals surface area contributed by atoms with Crippen LogP contribution in [0.25, 0.3) is 6.08 Å². The zero-order valence-corrected chi connectivity index (χ0v) is 15.9. The summed E-state index contributed by atoms with van der Waals surface area (Å²) < 4.78 is 0.790. The topological polar surface area (TPSA) is 90.2 Å². The Balaban J connectivity index is 1.89. The molecule has 2 N–H and O–H groups in total. The fourth-order valence-electron chi connectivity index (χ4n) is 2.22. The molecule has 0 aliphatic carbocycles. The summed E-state index contributed by atoms with van der Waals surface area (Å²) in [5.74, 6) is -1.16. The smallest absolute Gasteiger partial charge is 0.335 e. The maximum absolute atomic E-state index is 12.4. The van der Waals surface area contributed by atoms with E-state index >= 15 is 0 Å². The molecule has 0 bridgehead atoms. The Hall–Kier alpha value is -2.58. The van der Waals surface area contributed by atoms with Crippen LogP contribution in [-0.4, -0.2) is 39.2 Å². The van der Waals surface area contributed by atoms with Gasteiger partial charge < -0.3 is 10.2 Å². The zero-order chi connectivity index (χ0) is 18.8. The molecule has 0 unspecified atom stereocenters. The second kappa shape index (κ2) is 7.35. The van der Waals surface area contributed by atoms with Gasteiger partial charge in [-0.25, -0.2) is 9.79 Å². The Morgan fingerprint density at radius 2 is 1.92 bits per heavy atom. The first-order chi connectivity index (χ1) is 12.3. The van der Waals surface area contributed by atoms with Crippen molar-refractivity contribution >= 4 is 56.5 Å². The van der Waals surface area contributed by atoms with Crippen LogP contribution in [0.4, 0.5) is 5.69 Å². The van der Waals surface area contributed by atoms with Crippen molar-refractivity contribution in [3.8, 4) is 5.75 Å². The fraction of sp³-hybridized carbons (Fsp3) is 0.0556. The molecule has 0 aromatic heterocycles. The number of hydrogen-bond acceptors (Lipinski definition) is 5. The fourth-order valence-corrected chi connectivity index (χ4v) is 3.58. The molecular weight excluding hydrogens is 420 g/mol. The van der Waals surface area contributed by atoms with Crippen molar-refractivity contribution in [2.24, 2.45) is 4.99 Å². The van der Waals surface area contributed by atoms with Gasteiger partial charge in [0.05, 0.1) is 16.2 Å². The van der Waals surface area contributed by atoms with E-state index < -0.39 is 5.97 Å². The first-order valence-corrected chi connectivity index (χ1v) is 9.04. The molecule has 26 heavy (non-hydrogen) atoms. The van der Waals surface area contributed by atoms with Gasteiger partial charge in [-0.05, 0) is 60.3 Å². The van der Waals surface area contributed by atoms with Crippen molar-refractivity contribution in [2.45, 2.75) is 0 Å². The standard InChI is InChI=1S/C18H13BrN2O4S/c1-21-16(23)15(9-11-8-12(19)4-7-14(11)22)26-18(21)20-13-5-2-10(3-6-13)17(24)25/h2-9,22H,1H3,(H,24,25)/b15-9-,20-18?. The number of thioether (sulfide) groups is 1. The summed E-state index contributed by atoms with van der Waals surface area (Å²) in [4.78, 5) is 29.6. The van der Waals surface area contributed by atoms with Crippen molar-refractivity contribution in [3.63, 3.8) is 0 Å². The van der Waals surface area contributed by atoms with Gasteiger partial charge in [0.25, 0.3) is 5.91 Å². The third-order valence-electron chi connectivity index (χ3n) is 3.62. The van der Waals surface area contributed by atoms with Crippen LogP contribution in [-0.2, 0) is 4.79 Å². The van der Waals surface area contributed by atoms with E-state index in [0.29, 0.717) is 21.3 Å². The van der Waals surface area contributed by atoms with Crippen molar-refractivity contribution in [3.05, 3.63) is 63.0 Å². The molecule has 1 amide bonds. The van der Waals surface area contributed by atoms with Crippen molar-refractivity contribution in [1.29, 1.82) is 0 Å². The highest BCUT2D eigenvalue weighted by molar-refractivity contribution is 9.10. The van der Waals surface area contributed by atoms with Crippen LogP contribution in [0, 0.1) is 0 Å². The van der Waals surface area contributed by atoms with E-state index in [1.807, 2.05) is 0 Å². The molecule has 2 aromatic carbocycles. The van der Waals surface area contributed by atoms with Crippen LogP contribution < -0.4 is 0 Å². The first-order valence-electron chi connectivity index (χ1n) is 7.43. The molecule has 1 fully saturated rings. The number of aromatic carboxylic acids is 1. The number of carbonyl (C=O) groups is 2. The zero-order valence-electron chi connectivity index (χ0n) is 13.5. The van der Waals surface area contributed by atoms with E-state index in [4.69, 9.17) is 5.11 Å². The Labute approximate surface area is 162 Å². The number of phenols is 1. The lowest BCUT2D eigenvalue weighted by atomic mass is 10.2. The summed E-state index contributed by atoms with van der Waals surface area (Å²) in [5.41, 5.74) is 1.24. The Morgan fingerprint density at radius 3 is 2.58 bits per heavy atom. The lowest BCUT2D eigenvalue weighted by molar-refractivity contribution is -0.121.